The second-order valence-electron chi connectivity index (χ2n) is 4.66. The number of hydrogen-bond donors (Lipinski definition) is 3. The second kappa shape index (κ2) is 6.01. The van der Waals surface area contributed by atoms with Crippen molar-refractivity contribution >= 4 is 23.3 Å². The first-order valence-corrected chi connectivity index (χ1v) is 7.12. The Balaban J connectivity index is 1.70. The van der Waals surface area contributed by atoms with E-state index in [0.717, 1.165) is 23.5 Å². The topological polar surface area (TPSA) is 91.3 Å². The first-order chi connectivity index (χ1) is 9.06. The Kier molecular flexibility index (Phi) is 4.36. The SMILES string of the molecule is Cc1nc(CCNC(=O)NC(C(=O)O)C2CC2)cs1. The third-order valence-corrected chi connectivity index (χ3v) is 3.80. The molecule has 1 aromatic rings. The van der Waals surface area contributed by atoms with Crippen LogP contribution in [0.25, 0.3) is 0 Å². The Hall–Kier alpha value is -1.63. The molecule has 0 saturated heterocycles. The van der Waals surface area contributed by atoms with Gasteiger partial charge in [-0.1, -0.05) is 0 Å². The highest BCUT2D eigenvalue weighted by atomic mass is 32.1. The summed E-state index contributed by atoms with van der Waals surface area (Å²) >= 11 is 1.57. The van der Waals surface area contributed by atoms with Crippen molar-refractivity contribution in [2.75, 3.05) is 6.54 Å². The fourth-order valence-corrected chi connectivity index (χ4v) is 2.48. The van der Waals surface area contributed by atoms with Crippen LogP contribution in [-0.2, 0) is 11.2 Å². The summed E-state index contributed by atoms with van der Waals surface area (Å²) in [7, 11) is 0. The number of carboxylic acid groups (broad SMARTS) is 1. The van der Waals surface area contributed by atoms with Gasteiger partial charge in [0.15, 0.2) is 0 Å². The number of hydrogen-bond acceptors (Lipinski definition) is 4. The largest absolute Gasteiger partial charge is 0.480 e. The molecule has 3 N–H and O–H groups in total. The maximum atomic E-state index is 11.6. The Morgan fingerprint density at radius 1 is 1.58 bits per heavy atom. The van der Waals surface area contributed by atoms with Gasteiger partial charge in [-0.15, -0.1) is 11.3 Å². The minimum Gasteiger partial charge on any atom is -0.480 e. The summed E-state index contributed by atoms with van der Waals surface area (Å²) in [5.74, 6) is -0.878. The minimum atomic E-state index is -0.965. The number of nitrogens with one attached hydrogen (secondary N) is 2. The maximum Gasteiger partial charge on any atom is 0.326 e. The standard InChI is InChI=1S/C12H17N3O3S/c1-7-14-9(6-19-7)4-5-13-12(18)15-10(11(16)17)8-2-3-8/h6,8,10H,2-5H2,1H3,(H,16,17)(H2,13,15,18). The van der Waals surface area contributed by atoms with Crippen LogP contribution >= 0.6 is 11.3 Å². The molecule has 7 heteroatoms. The number of carbonyl (C=O) groups is 2. The number of rotatable bonds is 6. The van der Waals surface area contributed by atoms with Crippen molar-refractivity contribution in [3.05, 3.63) is 16.1 Å². The van der Waals surface area contributed by atoms with E-state index < -0.39 is 18.0 Å². The van der Waals surface area contributed by atoms with E-state index in [0.29, 0.717) is 13.0 Å². The predicted octanol–water partition coefficient (Wildman–Crippen LogP) is 1.16. The number of aliphatic carboxylic acids is 1. The van der Waals surface area contributed by atoms with Crippen molar-refractivity contribution in [3.8, 4) is 0 Å². The molecule has 1 aliphatic rings. The van der Waals surface area contributed by atoms with Gasteiger partial charge < -0.3 is 15.7 Å². The molecule has 2 rings (SSSR count). The van der Waals surface area contributed by atoms with Gasteiger partial charge in [0, 0.05) is 18.3 Å². The smallest absolute Gasteiger partial charge is 0.326 e. The zero-order valence-electron chi connectivity index (χ0n) is 10.7. The van der Waals surface area contributed by atoms with E-state index >= 15 is 0 Å². The number of amides is 2. The number of urea groups is 1. The molecule has 1 aliphatic carbocycles. The molecule has 6 nitrogen and oxygen atoms in total. The van der Waals surface area contributed by atoms with Crippen molar-refractivity contribution < 1.29 is 14.7 Å². The van der Waals surface area contributed by atoms with E-state index in [1.807, 2.05) is 12.3 Å². The van der Waals surface area contributed by atoms with E-state index in [1.165, 1.54) is 0 Å². The van der Waals surface area contributed by atoms with Gasteiger partial charge in [0.05, 0.1) is 10.7 Å². The lowest BCUT2D eigenvalue weighted by atomic mass is 10.2. The molecular weight excluding hydrogens is 266 g/mol. The molecule has 1 saturated carbocycles. The lowest BCUT2D eigenvalue weighted by molar-refractivity contribution is -0.139. The summed E-state index contributed by atoms with van der Waals surface area (Å²) in [6.45, 7) is 2.38. The molecule has 0 spiro atoms. The summed E-state index contributed by atoms with van der Waals surface area (Å²) < 4.78 is 0. The molecule has 1 fully saturated rings. The fraction of sp³-hybridized carbons (Fsp3) is 0.583. The third kappa shape index (κ3) is 4.20. The van der Waals surface area contributed by atoms with Crippen LogP contribution in [0.4, 0.5) is 4.79 Å². The normalized spacial score (nSPS) is 15.8. The van der Waals surface area contributed by atoms with Crippen LogP contribution in [0.3, 0.4) is 0 Å². The first kappa shape index (κ1) is 13.8. The number of aryl methyl sites for hydroxylation is 1. The van der Waals surface area contributed by atoms with Crippen LogP contribution in [0.5, 0.6) is 0 Å². The van der Waals surface area contributed by atoms with Crippen LogP contribution < -0.4 is 10.6 Å². The molecule has 0 radical (unpaired) electrons. The molecule has 0 aliphatic heterocycles. The molecule has 1 heterocycles. The first-order valence-electron chi connectivity index (χ1n) is 6.24. The van der Waals surface area contributed by atoms with Crippen LogP contribution in [0, 0.1) is 12.8 Å². The zero-order chi connectivity index (χ0) is 13.8. The Morgan fingerprint density at radius 3 is 2.84 bits per heavy atom. The molecular formula is C12H17N3O3S. The molecule has 19 heavy (non-hydrogen) atoms. The van der Waals surface area contributed by atoms with Crippen molar-refractivity contribution in [1.82, 2.24) is 15.6 Å². The average Bonchev–Trinajstić information content (AvgIpc) is 3.10. The van der Waals surface area contributed by atoms with Gasteiger partial charge in [0.25, 0.3) is 0 Å². The van der Waals surface area contributed by atoms with E-state index in [-0.39, 0.29) is 5.92 Å². The van der Waals surface area contributed by atoms with Gasteiger partial charge in [-0.3, -0.25) is 0 Å². The van der Waals surface area contributed by atoms with Crippen LogP contribution in [-0.4, -0.2) is 34.7 Å². The highest BCUT2D eigenvalue weighted by Crippen LogP contribution is 2.32. The summed E-state index contributed by atoms with van der Waals surface area (Å²) in [5, 5.41) is 17.1. The molecule has 1 unspecified atom stereocenters. The number of carboxylic acids is 1. The molecule has 1 atom stereocenters. The molecule has 1 aromatic heterocycles. The third-order valence-electron chi connectivity index (χ3n) is 2.98. The predicted molar refractivity (Wildman–Crippen MR) is 71.2 cm³/mol. The highest BCUT2D eigenvalue weighted by Gasteiger charge is 2.37. The van der Waals surface area contributed by atoms with Gasteiger partial charge in [0.1, 0.15) is 6.04 Å². The highest BCUT2D eigenvalue weighted by molar-refractivity contribution is 7.09. The summed E-state index contributed by atoms with van der Waals surface area (Å²) in [6.07, 6.45) is 2.39. The van der Waals surface area contributed by atoms with Crippen molar-refractivity contribution in [3.63, 3.8) is 0 Å². The van der Waals surface area contributed by atoms with E-state index in [1.54, 1.807) is 11.3 Å². The Morgan fingerprint density at radius 2 is 2.32 bits per heavy atom. The second-order valence-corrected chi connectivity index (χ2v) is 5.72. The van der Waals surface area contributed by atoms with Gasteiger partial charge in [0.2, 0.25) is 0 Å². The Labute approximate surface area is 115 Å². The minimum absolute atomic E-state index is 0.0874. The van der Waals surface area contributed by atoms with Crippen LogP contribution in [0.15, 0.2) is 5.38 Å². The van der Waals surface area contributed by atoms with Gasteiger partial charge in [-0.2, -0.15) is 0 Å². The lowest BCUT2D eigenvalue weighted by Crippen LogP contribution is -2.47. The van der Waals surface area contributed by atoms with Crippen LogP contribution in [0.2, 0.25) is 0 Å². The van der Waals surface area contributed by atoms with E-state index in [9.17, 15) is 9.59 Å². The maximum absolute atomic E-state index is 11.6. The lowest BCUT2D eigenvalue weighted by Gasteiger charge is -2.14. The van der Waals surface area contributed by atoms with Gasteiger partial charge >= 0.3 is 12.0 Å². The fourth-order valence-electron chi connectivity index (χ4n) is 1.83. The monoisotopic (exact) mass is 283 g/mol. The Bertz CT molecular complexity index is 471. The van der Waals surface area contributed by atoms with Crippen LogP contribution in [0.1, 0.15) is 23.5 Å². The number of aromatic nitrogens is 1. The van der Waals surface area contributed by atoms with Gasteiger partial charge in [-0.25, -0.2) is 14.6 Å². The van der Waals surface area contributed by atoms with Crippen molar-refractivity contribution in [2.24, 2.45) is 5.92 Å². The quantitative estimate of drug-likeness (QED) is 0.730. The molecule has 104 valence electrons. The summed E-state index contributed by atoms with van der Waals surface area (Å²) in [4.78, 5) is 26.8. The van der Waals surface area contributed by atoms with Crippen molar-refractivity contribution in [1.29, 1.82) is 0 Å². The average molecular weight is 283 g/mol. The number of thiazole rings is 1. The van der Waals surface area contributed by atoms with E-state index in [4.69, 9.17) is 5.11 Å². The van der Waals surface area contributed by atoms with Gasteiger partial charge in [-0.05, 0) is 25.7 Å². The molecule has 0 aromatic carbocycles. The van der Waals surface area contributed by atoms with Crippen molar-refractivity contribution in [2.45, 2.75) is 32.2 Å². The molecule has 2 amide bonds. The summed E-state index contributed by atoms with van der Waals surface area (Å²) in [6, 6.07) is -1.19. The summed E-state index contributed by atoms with van der Waals surface area (Å²) in [5.41, 5.74) is 0.944. The van der Waals surface area contributed by atoms with E-state index in [2.05, 4.69) is 15.6 Å². The number of carbonyl (C=O) groups excluding carboxylic acids is 1. The molecule has 0 bridgehead atoms. The zero-order valence-corrected chi connectivity index (χ0v) is 11.5. The number of nitrogens with zero attached hydrogens (tertiary/aromatic N) is 1.